The Kier molecular flexibility index (Phi) is 3.58. The Morgan fingerprint density at radius 1 is 1.59 bits per heavy atom. The molecule has 1 aliphatic rings. The largest absolute Gasteiger partial charge is 0.367 e. The van der Waals surface area contributed by atoms with E-state index >= 15 is 0 Å². The van der Waals surface area contributed by atoms with E-state index < -0.39 is 0 Å². The highest BCUT2D eigenvalue weighted by molar-refractivity contribution is 5.92. The zero-order valence-corrected chi connectivity index (χ0v) is 10.2. The number of hydrogen-bond acceptors (Lipinski definition) is 4. The number of carbonyl (C=O) groups is 1. The van der Waals surface area contributed by atoms with Crippen LogP contribution in [0.5, 0.6) is 0 Å². The first-order chi connectivity index (χ1) is 8.20. The van der Waals surface area contributed by atoms with Crippen LogP contribution in [0.4, 0.5) is 5.69 Å². The maximum atomic E-state index is 11.4. The summed E-state index contributed by atoms with van der Waals surface area (Å²) < 4.78 is 0. The minimum Gasteiger partial charge on any atom is -0.367 e. The van der Waals surface area contributed by atoms with Crippen LogP contribution >= 0.6 is 0 Å². The van der Waals surface area contributed by atoms with Crippen molar-refractivity contribution in [3.63, 3.8) is 0 Å². The molecule has 1 fully saturated rings. The number of carbonyl (C=O) groups excluding carboxylic acids is 1. The first-order valence-electron chi connectivity index (χ1n) is 5.87. The lowest BCUT2D eigenvalue weighted by Gasteiger charge is -2.33. The van der Waals surface area contributed by atoms with Crippen LogP contribution in [0.25, 0.3) is 0 Å². The van der Waals surface area contributed by atoms with Gasteiger partial charge in [0.2, 0.25) is 0 Å². The molecule has 0 unspecified atom stereocenters. The fraction of sp³-hybridized carbons (Fsp3) is 0.500. The summed E-state index contributed by atoms with van der Waals surface area (Å²) in [5, 5.41) is 5.96. The fourth-order valence-electron chi connectivity index (χ4n) is 2.00. The second kappa shape index (κ2) is 5.14. The van der Waals surface area contributed by atoms with Gasteiger partial charge in [-0.3, -0.25) is 4.79 Å². The molecule has 92 valence electrons. The van der Waals surface area contributed by atoms with Gasteiger partial charge < -0.3 is 15.5 Å². The van der Waals surface area contributed by atoms with Gasteiger partial charge >= 0.3 is 0 Å². The average Bonchev–Trinajstić information content (AvgIpc) is 2.38. The molecule has 0 radical (unpaired) electrons. The van der Waals surface area contributed by atoms with E-state index in [9.17, 15) is 4.79 Å². The minimum absolute atomic E-state index is 0.148. The van der Waals surface area contributed by atoms with Crippen LogP contribution in [0.1, 0.15) is 17.4 Å². The number of hydrogen-bond donors (Lipinski definition) is 2. The molecule has 5 nitrogen and oxygen atoms in total. The van der Waals surface area contributed by atoms with Crippen molar-refractivity contribution in [3.8, 4) is 0 Å². The second-order valence-corrected chi connectivity index (χ2v) is 4.28. The highest BCUT2D eigenvalue weighted by Crippen LogP contribution is 2.14. The van der Waals surface area contributed by atoms with Crippen molar-refractivity contribution in [2.45, 2.75) is 13.0 Å². The molecular weight excluding hydrogens is 216 g/mol. The van der Waals surface area contributed by atoms with Crippen molar-refractivity contribution in [3.05, 3.63) is 24.0 Å². The molecule has 0 saturated carbocycles. The summed E-state index contributed by atoms with van der Waals surface area (Å²) in [6, 6.07) is 4.21. The van der Waals surface area contributed by atoms with Crippen LogP contribution in [-0.2, 0) is 0 Å². The number of aromatic nitrogens is 1. The third kappa shape index (κ3) is 2.74. The molecule has 0 bridgehead atoms. The summed E-state index contributed by atoms with van der Waals surface area (Å²) >= 11 is 0. The van der Waals surface area contributed by atoms with Gasteiger partial charge in [-0.15, -0.1) is 0 Å². The number of nitrogens with zero attached hydrogens (tertiary/aromatic N) is 2. The zero-order valence-electron chi connectivity index (χ0n) is 10.2. The molecule has 1 atom stereocenters. The number of piperazine rings is 1. The molecule has 0 aliphatic carbocycles. The summed E-state index contributed by atoms with van der Waals surface area (Å²) in [5.74, 6) is -0.148. The second-order valence-electron chi connectivity index (χ2n) is 4.28. The first-order valence-corrected chi connectivity index (χ1v) is 5.87. The third-order valence-electron chi connectivity index (χ3n) is 2.94. The summed E-state index contributed by atoms with van der Waals surface area (Å²) in [6.45, 7) is 5.10. The summed E-state index contributed by atoms with van der Waals surface area (Å²) in [4.78, 5) is 17.8. The van der Waals surface area contributed by atoms with Crippen LogP contribution in [0.2, 0.25) is 0 Å². The SMILES string of the molecule is CNC(=O)c1ccc(N2CCN[C@H](C)C2)cn1. The van der Waals surface area contributed by atoms with Gasteiger partial charge in [-0.1, -0.05) is 0 Å². The highest BCUT2D eigenvalue weighted by Gasteiger charge is 2.16. The summed E-state index contributed by atoms with van der Waals surface area (Å²) in [7, 11) is 1.61. The van der Waals surface area contributed by atoms with Gasteiger partial charge in [0.1, 0.15) is 5.69 Å². The number of nitrogens with one attached hydrogen (secondary N) is 2. The molecule has 2 heterocycles. The molecule has 1 amide bonds. The molecular formula is C12H18N4O. The predicted octanol–water partition coefficient (Wildman–Crippen LogP) is 0.239. The zero-order chi connectivity index (χ0) is 12.3. The van der Waals surface area contributed by atoms with E-state index in [0.717, 1.165) is 25.3 Å². The Morgan fingerprint density at radius 2 is 2.41 bits per heavy atom. The van der Waals surface area contributed by atoms with Crippen LogP contribution < -0.4 is 15.5 Å². The van der Waals surface area contributed by atoms with Crippen LogP contribution in [0.15, 0.2) is 18.3 Å². The lowest BCUT2D eigenvalue weighted by atomic mass is 10.2. The van der Waals surface area contributed by atoms with Gasteiger partial charge in [-0.05, 0) is 19.1 Å². The molecule has 17 heavy (non-hydrogen) atoms. The van der Waals surface area contributed by atoms with E-state index in [4.69, 9.17) is 0 Å². The number of rotatable bonds is 2. The van der Waals surface area contributed by atoms with E-state index in [-0.39, 0.29) is 5.91 Å². The highest BCUT2D eigenvalue weighted by atomic mass is 16.1. The van der Waals surface area contributed by atoms with Gasteiger partial charge in [0.25, 0.3) is 5.91 Å². The Balaban J connectivity index is 2.09. The van der Waals surface area contributed by atoms with Gasteiger partial charge in [0, 0.05) is 32.7 Å². The van der Waals surface area contributed by atoms with E-state index in [0.29, 0.717) is 11.7 Å². The molecule has 2 rings (SSSR count). The van der Waals surface area contributed by atoms with Crippen molar-refractivity contribution in [2.75, 3.05) is 31.6 Å². The van der Waals surface area contributed by atoms with Gasteiger partial charge in [-0.2, -0.15) is 0 Å². The average molecular weight is 234 g/mol. The maximum absolute atomic E-state index is 11.4. The minimum atomic E-state index is -0.148. The molecule has 1 aliphatic heterocycles. The molecule has 0 aromatic carbocycles. The quantitative estimate of drug-likeness (QED) is 0.769. The smallest absolute Gasteiger partial charge is 0.269 e. The topological polar surface area (TPSA) is 57.3 Å². The van der Waals surface area contributed by atoms with E-state index in [1.165, 1.54) is 0 Å². The molecule has 1 aromatic rings. The number of pyridine rings is 1. The lowest BCUT2D eigenvalue weighted by molar-refractivity contribution is 0.0958. The van der Waals surface area contributed by atoms with Crippen LogP contribution in [0.3, 0.4) is 0 Å². The Hall–Kier alpha value is -1.62. The predicted molar refractivity (Wildman–Crippen MR) is 67.3 cm³/mol. The van der Waals surface area contributed by atoms with Crippen molar-refractivity contribution < 1.29 is 4.79 Å². The standard InChI is InChI=1S/C12H18N4O/c1-9-8-16(6-5-14-9)10-3-4-11(15-7-10)12(17)13-2/h3-4,7,9,14H,5-6,8H2,1-2H3,(H,13,17)/t9-/m1/s1. The Labute approximate surface area is 101 Å². The van der Waals surface area contributed by atoms with E-state index in [2.05, 4.69) is 27.4 Å². The molecule has 5 heteroatoms. The first kappa shape index (κ1) is 11.9. The van der Waals surface area contributed by atoms with E-state index in [1.807, 2.05) is 6.07 Å². The van der Waals surface area contributed by atoms with Crippen molar-refractivity contribution >= 4 is 11.6 Å². The molecule has 1 saturated heterocycles. The van der Waals surface area contributed by atoms with Gasteiger partial charge in [0.05, 0.1) is 11.9 Å². The number of amides is 1. The summed E-state index contributed by atoms with van der Waals surface area (Å²) in [5.41, 5.74) is 1.53. The van der Waals surface area contributed by atoms with Gasteiger partial charge in [-0.25, -0.2) is 4.98 Å². The van der Waals surface area contributed by atoms with Gasteiger partial charge in [0.15, 0.2) is 0 Å². The molecule has 1 aromatic heterocycles. The summed E-state index contributed by atoms with van der Waals surface area (Å²) in [6.07, 6.45) is 1.77. The normalized spacial score (nSPS) is 20.1. The van der Waals surface area contributed by atoms with Crippen molar-refractivity contribution in [2.24, 2.45) is 0 Å². The van der Waals surface area contributed by atoms with Crippen molar-refractivity contribution in [1.82, 2.24) is 15.6 Å². The molecule has 0 spiro atoms. The fourth-order valence-corrected chi connectivity index (χ4v) is 2.00. The maximum Gasteiger partial charge on any atom is 0.269 e. The molecule has 2 N–H and O–H groups in total. The van der Waals surface area contributed by atoms with Crippen LogP contribution in [-0.4, -0.2) is 43.6 Å². The van der Waals surface area contributed by atoms with E-state index in [1.54, 1.807) is 19.3 Å². The number of anilines is 1. The monoisotopic (exact) mass is 234 g/mol. The third-order valence-corrected chi connectivity index (χ3v) is 2.94. The lowest BCUT2D eigenvalue weighted by Crippen LogP contribution is -2.49. The Bertz CT molecular complexity index is 390. The van der Waals surface area contributed by atoms with Crippen LogP contribution in [0, 0.1) is 0 Å². The Morgan fingerprint density at radius 3 is 3.00 bits per heavy atom. The van der Waals surface area contributed by atoms with Crippen molar-refractivity contribution in [1.29, 1.82) is 0 Å².